The van der Waals surface area contributed by atoms with Gasteiger partial charge in [-0.15, -0.1) is 0 Å². The van der Waals surface area contributed by atoms with Crippen LogP contribution < -0.4 is 10.1 Å². The number of hydrogen-bond acceptors (Lipinski definition) is 6. The van der Waals surface area contributed by atoms with E-state index in [0.717, 1.165) is 5.56 Å². The highest BCUT2D eigenvalue weighted by Crippen LogP contribution is 2.41. The normalized spacial score (nSPS) is 18.9. The Hall–Kier alpha value is -3.26. The van der Waals surface area contributed by atoms with Gasteiger partial charge in [-0.05, 0) is 43.5 Å². The molecule has 0 saturated carbocycles. The van der Waals surface area contributed by atoms with Gasteiger partial charge in [0.2, 0.25) is 17.7 Å². The molecule has 2 heterocycles. The fraction of sp³-hybridized carbons (Fsp3) is 0.440. The van der Waals surface area contributed by atoms with Crippen LogP contribution in [0.5, 0.6) is 5.75 Å². The SMILES string of the molecule is COCCCN1C(=O)C[C@](CC(=O)NC[C@@H](C)Oc2cccnc2)(c2ccccc2C)C1=O. The highest BCUT2D eigenvalue weighted by molar-refractivity contribution is 6.10. The standard InChI is InChI=1S/C25H31N3O5/c1-18-8-4-5-10-21(18)25(15-23(30)28(24(25)31)12-7-13-32-3)14-22(29)27-16-19(2)33-20-9-6-11-26-17-20/h4-6,8-11,17,19H,7,12-16H2,1-3H3,(H,27,29)/t19-,25-/m1/s1. The van der Waals surface area contributed by atoms with Gasteiger partial charge in [-0.1, -0.05) is 24.3 Å². The van der Waals surface area contributed by atoms with Crippen molar-refractivity contribution in [3.63, 3.8) is 0 Å². The molecule has 33 heavy (non-hydrogen) atoms. The third-order valence-electron chi connectivity index (χ3n) is 5.82. The van der Waals surface area contributed by atoms with Crippen LogP contribution in [0.2, 0.25) is 0 Å². The molecule has 1 fully saturated rings. The van der Waals surface area contributed by atoms with Crippen molar-refractivity contribution in [3.8, 4) is 5.75 Å². The third-order valence-corrected chi connectivity index (χ3v) is 5.82. The average Bonchev–Trinajstić information content (AvgIpc) is 3.03. The maximum Gasteiger partial charge on any atom is 0.240 e. The number of methoxy groups -OCH3 is 1. The van der Waals surface area contributed by atoms with Gasteiger partial charge in [0.15, 0.2) is 0 Å². The molecule has 1 N–H and O–H groups in total. The molecule has 0 bridgehead atoms. The minimum absolute atomic E-state index is 0.0289. The van der Waals surface area contributed by atoms with Gasteiger partial charge in [-0.3, -0.25) is 24.3 Å². The predicted molar refractivity (Wildman–Crippen MR) is 123 cm³/mol. The molecule has 3 rings (SSSR count). The van der Waals surface area contributed by atoms with Crippen LogP contribution in [0.4, 0.5) is 0 Å². The number of aromatic nitrogens is 1. The highest BCUT2D eigenvalue weighted by atomic mass is 16.5. The van der Waals surface area contributed by atoms with Crippen LogP contribution in [0.1, 0.15) is 37.3 Å². The van der Waals surface area contributed by atoms with Crippen LogP contribution in [-0.4, -0.2) is 60.5 Å². The fourth-order valence-corrected chi connectivity index (χ4v) is 4.23. The zero-order chi connectivity index (χ0) is 23.8. The van der Waals surface area contributed by atoms with Crippen LogP contribution >= 0.6 is 0 Å². The summed E-state index contributed by atoms with van der Waals surface area (Å²) in [6.45, 7) is 4.72. The molecule has 1 aromatic carbocycles. The second-order valence-electron chi connectivity index (χ2n) is 8.37. The monoisotopic (exact) mass is 453 g/mol. The van der Waals surface area contributed by atoms with Gasteiger partial charge in [0.05, 0.1) is 18.2 Å². The van der Waals surface area contributed by atoms with Crippen molar-refractivity contribution in [3.05, 3.63) is 59.9 Å². The highest BCUT2D eigenvalue weighted by Gasteiger charge is 2.53. The summed E-state index contributed by atoms with van der Waals surface area (Å²) < 4.78 is 10.8. The summed E-state index contributed by atoms with van der Waals surface area (Å²) in [5.41, 5.74) is 0.374. The Morgan fingerprint density at radius 3 is 2.73 bits per heavy atom. The van der Waals surface area contributed by atoms with Gasteiger partial charge >= 0.3 is 0 Å². The topological polar surface area (TPSA) is 97.8 Å². The minimum Gasteiger partial charge on any atom is -0.487 e. The molecule has 2 aromatic rings. The van der Waals surface area contributed by atoms with E-state index in [1.807, 2.05) is 38.1 Å². The van der Waals surface area contributed by atoms with E-state index in [0.29, 0.717) is 24.3 Å². The number of amides is 3. The zero-order valence-electron chi connectivity index (χ0n) is 19.4. The number of imide groups is 1. The third kappa shape index (κ3) is 5.76. The maximum atomic E-state index is 13.6. The first-order valence-corrected chi connectivity index (χ1v) is 11.1. The van der Waals surface area contributed by atoms with E-state index in [2.05, 4.69) is 10.3 Å². The summed E-state index contributed by atoms with van der Waals surface area (Å²) in [5.74, 6) is -0.285. The number of rotatable bonds is 11. The van der Waals surface area contributed by atoms with Gasteiger partial charge in [0.25, 0.3) is 0 Å². The Balaban J connectivity index is 1.74. The molecule has 2 atom stereocenters. The molecule has 0 spiro atoms. The number of pyridine rings is 1. The molecule has 3 amide bonds. The van der Waals surface area contributed by atoms with E-state index in [1.165, 1.54) is 4.90 Å². The number of nitrogens with zero attached hydrogens (tertiary/aromatic N) is 2. The van der Waals surface area contributed by atoms with Crippen molar-refractivity contribution in [1.29, 1.82) is 0 Å². The number of likely N-dealkylation sites (tertiary alicyclic amines) is 1. The molecule has 1 saturated heterocycles. The summed E-state index contributed by atoms with van der Waals surface area (Å²) in [5, 5.41) is 2.86. The van der Waals surface area contributed by atoms with Crippen molar-refractivity contribution in [2.75, 3.05) is 26.8 Å². The van der Waals surface area contributed by atoms with Gasteiger partial charge in [0.1, 0.15) is 11.9 Å². The van der Waals surface area contributed by atoms with E-state index in [1.54, 1.807) is 31.6 Å². The summed E-state index contributed by atoms with van der Waals surface area (Å²) >= 11 is 0. The Kier molecular flexibility index (Phi) is 8.16. The van der Waals surface area contributed by atoms with E-state index in [4.69, 9.17) is 9.47 Å². The number of nitrogens with one attached hydrogen (secondary N) is 1. The molecule has 1 aliphatic heterocycles. The Morgan fingerprint density at radius 1 is 1.24 bits per heavy atom. The first kappa shape index (κ1) is 24.4. The lowest BCUT2D eigenvalue weighted by Crippen LogP contribution is -2.44. The summed E-state index contributed by atoms with van der Waals surface area (Å²) in [6.07, 6.45) is 3.38. The fourth-order valence-electron chi connectivity index (χ4n) is 4.23. The summed E-state index contributed by atoms with van der Waals surface area (Å²) in [4.78, 5) is 44.7. The number of benzene rings is 1. The van der Waals surface area contributed by atoms with Gasteiger partial charge in [-0.2, -0.15) is 0 Å². The Labute approximate surface area is 194 Å². The second kappa shape index (κ2) is 11.0. The number of aryl methyl sites for hydroxylation is 1. The lowest BCUT2D eigenvalue weighted by molar-refractivity contribution is -0.141. The molecular weight excluding hydrogens is 422 g/mol. The number of ether oxygens (including phenoxy) is 2. The number of carbonyl (C=O) groups is 3. The minimum atomic E-state index is -1.22. The lowest BCUT2D eigenvalue weighted by atomic mass is 9.74. The van der Waals surface area contributed by atoms with Crippen molar-refractivity contribution in [2.24, 2.45) is 0 Å². The van der Waals surface area contributed by atoms with Gasteiger partial charge in [-0.25, -0.2) is 0 Å². The predicted octanol–water partition coefficient (Wildman–Crippen LogP) is 2.40. The molecular formula is C25H31N3O5. The maximum absolute atomic E-state index is 13.6. The molecule has 8 heteroatoms. The summed E-state index contributed by atoms with van der Waals surface area (Å²) in [6, 6.07) is 11.0. The molecule has 176 valence electrons. The Bertz CT molecular complexity index is 981. The first-order chi connectivity index (χ1) is 15.9. The van der Waals surface area contributed by atoms with Crippen molar-refractivity contribution >= 4 is 17.7 Å². The van der Waals surface area contributed by atoms with Crippen LogP contribution in [0.15, 0.2) is 48.8 Å². The molecule has 1 aromatic heterocycles. The molecule has 0 unspecified atom stereocenters. The number of hydrogen-bond donors (Lipinski definition) is 1. The van der Waals surface area contributed by atoms with Crippen LogP contribution in [0.3, 0.4) is 0 Å². The second-order valence-corrected chi connectivity index (χ2v) is 8.37. The quantitative estimate of drug-likeness (QED) is 0.414. The Morgan fingerprint density at radius 2 is 2.03 bits per heavy atom. The molecule has 8 nitrogen and oxygen atoms in total. The first-order valence-electron chi connectivity index (χ1n) is 11.1. The smallest absolute Gasteiger partial charge is 0.240 e. The van der Waals surface area contributed by atoms with Crippen LogP contribution in [0.25, 0.3) is 0 Å². The van der Waals surface area contributed by atoms with Gasteiger partial charge in [0, 0.05) is 39.3 Å². The average molecular weight is 454 g/mol. The lowest BCUT2D eigenvalue weighted by Gasteiger charge is -2.29. The number of carbonyl (C=O) groups excluding carboxylic acids is 3. The van der Waals surface area contributed by atoms with Crippen LogP contribution in [0, 0.1) is 6.92 Å². The van der Waals surface area contributed by atoms with E-state index in [9.17, 15) is 14.4 Å². The zero-order valence-corrected chi connectivity index (χ0v) is 19.4. The van der Waals surface area contributed by atoms with Crippen LogP contribution in [-0.2, 0) is 24.5 Å². The molecule has 0 aliphatic carbocycles. The van der Waals surface area contributed by atoms with E-state index < -0.39 is 5.41 Å². The molecule has 1 aliphatic rings. The van der Waals surface area contributed by atoms with Gasteiger partial charge < -0.3 is 14.8 Å². The van der Waals surface area contributed by atoms with Crippen molar-refractivity contribution in [1.82, 2.24) is 15.2 Å². The van der Waals surface area contributed by atoms with Crippen molar-refractivity contribution in [2.45, 2.75) is 44.6 Å². The molecule has 0 radical (unpaired) electrons. The summed E-state index contributed by atoms with van der Waals surface area (Å²) in [7, 11) is 1.58. The van der Waals surface area contributed by atoms with Crippen molar-refractivity contribution < 1.29 is 23.9 Å². The van der Waals surface area contributed by atoms with E-state index >= 15 is 0 Å². The van der Waals surface area contributed by atoms with E-state index in [-0.39, 0.29) is 49.8 Å². The largest absolute Gasteiger partial charge is 0.487 e.